The first-order valence-corrected chi connectivity index (χ1v) is 6.65. The fourth-order valence-corrected chi connectivity index (χ4v) is 1.91. The predicted octanol–water partition coefficient (Wildman–Crippen LogP) is 1.36. The second-order valence-electron chi connectivity index (χ2n) is 3.43. The van der Waals surface area contributed by atoms with Crippen LogP contribution in [0.5, 0.6) is 0 Å². The van der Waals surface area contributed by atoms with Gasteiger partial charge in [0.2, 0.25) is 0 Å². The zero-order valence-electron chi connectivity index (χ0n) is 9.51. The molecule has 0 aromatic heterocycles. The van der Waals surface area contributed by atoms with E-state index in [2.05, 4.69) is 5.32 Å². The highest BCUT2D eigenvalue weighted by molar-refractivity contribution is 7.84. The summed E-state index contributed by atoms with van der Waals surface area (Å²) in [6.45, 7) is 2.35. The van der Waals surface area contributed by atoms with Crippen LogP contribution in [0.15, 0.2) is 18.2 Å². The van der Waals surface area contributed by atoms with Crippen molar-refractivity contribution in [2.24, 2.45) is 0 Å². The van der Waals surface area contributed by atoms with Gasteiger partial charge in [-0.15, -0.1) is 0 Å². The Labute approximate surface area is 102 Å². The summed E-state index contributed by atoms with van der Waals surface area (Å²) in [7, 11) is -0.848. The van der Waals surface area contributed by atoms with Crippen LogP contribution in [0.4, 0.5) is 17.1 Å². The van der Waals surface area contributed by atoms with Gasteiger partial charge in [-0.25, -0.2) is 0 Å². The van der Waals surface area contributed by atoms with Crippen LogP contribution in [0, 0.1) is 10.1 Å². The number of nitrogens with two attached hydrogens (primary N) is 1. The van der Waals surface area contributed by atoms with E-state index in [9.17, 15) is 14.3 Å². The molecule has 7 heteroatoms. The molecule has 6 nitrogen and oxygen atoms in total. The minimum Gasteiger partial charge on any atom is -0.398 e. The summed E-state index contributed by atoms with van der Waals surface area (Å²) >= 11 is 0. The third-order valence-corrected chi connectivity index (χ3v) is 3.44. The zero-order chi connectivity index (χ0) is 12.8. The average molecular weight is 257 g/mol. The van der Waals surface area contributed by atoms with Gasteiger partial charge < -0.3 is 11.1 Å². The van der Waals surface area contributed by atoms with Gasteiger partial charge in [0.15, 0.2) is 0 Å². The largest absolute Gasteiger partial charge is 0.398 e. The maximum absolute atomic E-state index is 11.2. The van der Waals surface area contributed by atoms with E-state index in [1.54, 1.807) is 6.07 Å². The van der Waals surface area contributed by atoms with Crippen molar-refractivity contribution in [3.63, 3.8) is 0 Å². The number of nitro benzene ring substituents is 1. The third kappa shape index (κ3) is 4.39. The van der Waals surface area contributed by atoms with E-state index < -0.39 is 15.7 Å². The predicted molar refractivity (Wildman–Crippen MR) is 69.5 cm³/mol. The summed E-state index contributed by atoms with van der Waals surface area (Å²) < 4.78 is 11.2. The smallest absolute Gasteiger partial charge is 0.273 e. The Hall–Kier alpha value is -1.63. The lowest BCUT2D eigenvalue weighted by molar-refractivity contribution is -0.384. The highest BCUT2D eigenvalue weighted by Gasteiger charge is 2.08. The molecule has 3 N–H and O–H groups in total. The zero-order valence-corrected chi connectivity index (χ0v) is 10.3. The molecule has 0 aliphatic carbocycles. The highest BCUT2D eigenvalue weighted by atomic mass is 32.2. The van der Waals surface area contributed by atoms with Gasteiger partial charge in [0, 0.05) is 52.4 Å². The van der Waals surface area contributed by atoms with Crippen molar-refractivity contribution in [3.8, 4) is 0 Å². The van der Waals surface area contributed by atoms with Crippen molar-refractivity contribution in [2.75, 3.05) is 29.1 Å². The molecule has 1 rings (SSSR count). The van der Waals surface area contributed by atoms with E-state index in [0.29, 0.717) is 29.4 Å². The standard InChI is InChI=1S/C10H15N3O3S/c1-2-17(16)4-3-12-9-5-8(11)6-10(7-9)13(14)15/h5-7,12H,2-4,11H2,1H3. The van der Waals surface area contributed by atoms with Gasteiger partial charge in [-0.1, -0.05) is 6.92 Å². The molecule has 1 aromatic carbocycles. The lowest BCUT2D eigenvalue weighted by Crippen LogP contribution is -2.12. The Bertz CT molecular complexity index is 437. The van der Waals surface area contributed by atoms with E-state index >= 15 is 0 Å². The number of rotatable bonds is 6. The number of benzene rings is 1. The average Bonchev–Trinajstić information content (AvgIpc) is 2.28. The van der Waals surface area contributed by atoms with Crippen LogP contribution in [0.3, 0.4) is 0 Å². The van der Waals surface area contributed by atoms with E-state index in [0.717, 1.165) is 0 Å². The summed E-state index contributed by atoms with van der Waals surface area (Å²) in [6, 6.07) is 4.32. The molecule has 0 aliphatic heterocycles. The first-order chi connectivity index (χ1) is 8.02. The minimum absolute atomic E-state index is 0.0517. The van der Waals surface area contributed by atoms with Gasteiger partial charge in [0.05, 0.1) is 4.92 Å². The van der Waals surface area contributed by atoms with Crippen LogP contribution in [0.25, 0.3) is 0 Å². The molecule has 1 aromatic rings. The molecule has 0 spiro atoms. The Kier molecular flexibility index (Phi) is 4.89. The number of nitrogen functional groups attached to an aromatic ring is 1. The molecule has 0 saturated carbocycles. The van der Waals surface area contributed by atoms with Gasteiger partial charge in [-0.05, 0) is 6.07 Å². The number of nitro groups is 1. The molecule has 0 heterocycles. The normalized spacial score (nSPS) is 12.1. The molecular weight excluding hydrogens is 242 g/mol. The number of nitrogens with one attached hydrogen (secondary N) is 1. The SMILES string of the molecule is CCS(=O)CCNc1cc(N)cc([N+](=O)[O-])c1. The lowest BCUT2D eigenvalue weighted by atomic mass is 10.2. The summed E-state index contributed by atoms with van der Waals surface area (Å²) in [6.07, 6.45) is 0. The van der Waals surface area contributed by atoms with Crippen LogP contribution in [0.2, 0.25) is 0 Å². The summed E-state index contributed by atoms with van der Waals surface area (Å²) in [4.78, 5) is 10.1. The van der Waals surface area contributed by atoms with E-state index in [1.165, 1.54) is 12.1 Å². The molecule has 1 unspecified atom stereocenters. The van der Waals surface area contributed by atoms with Gasteiger partial charge in [-0.2, -0.15) is 0 Å². The molecule has 0 fully saturated rings. The molecular formula is C10H15N3O3S. The third-order valence-electron chi connectivity index (χ3n) is 2.13. The van der Waals surface area contributed by atoms with Crippen molar-refractivity contribution in [1.82, 2.24) is 0 Å². The Morgan fingerprint density at radius 2 is 2.18 bits per heavy atom. The monoisotopic (exact) mass is 257 g/mol. The van der Waals surface area contributed by atoms with Crippen molar-refractivity contribution in [1.29, 1.82) is 0 Å². The van der Waals surface area contributed by atoms with Crippen molar-refractivity contribution < 1.29 is 9.13 Å². The summed E-state index contributed by atoms with van der Waals surface area (Å²) in [5.41, 5.74) is 6.40. The Balaban J connectivity index is 2.65. The number of anilines is 2. The first kappa shape index (κ1) is 13.4. The van der Waals surface area contributed by atoms with Crippen LogP contribution in [-0.4, -0.2) is 27.2 Å². The second kappa shape index (κ2) is 6.19. The van der Waals surface area contributed by atoms with Crippen LogP contribution >= 0.6 is 0 Å². The fraction of sp³-hybridized carbons (Fsp3) is 0.400. The molecule has 94 valence electrons. The summed E-state index contributed by atoms with van der Waals surface area (Å²) in [5, 5.41) is 13.6. The maximum atomic E-state index is 11.2. The topological polar surface area (TPSA) is 98.3 Å². The molecule has 1 atom stereocenters. The van der Waals surface area contributed by atoms with Crippen LogP contribution in [0.1, 0.15) is 6.92 Å². The molecule has 0 radical (unpaired) electrons. The fourth-order valence-electron chi connectivity index (χ4n) is 1.30. The van der Waals surface area contributed by atoms with Gasteiger partial charge in [0.1, 0.15) is 0 Å². The number of nitrogens with zero attached hydrogens (tertiary/aromatic N) is 1. The van der Waals surface area contributed by atoms with E-state index in [1.807, 2.05) is 6.92 Å². The molecule has 17 heavy (non-hydrogen) atoms. The number of hydrogen-bond acceptors (Lipinski definition) is 5. The first-order valence-electron chi connectivity index (χ1n) is 5.16. The number of non-ortho nitro benzene ring substituents is 1. The van der Waals surface area contributed by atoms with Crippen LogP contribution in [-0.2, 0) is 10.8 Å². The Morgan fingerprint density at radius 3 is 2.76 bits per heavy atom. The lowest BCUT2D eigenvalue weighted by Gasteiger charge is -2.06. The second-order valence-corrected chi connectivity index (χ2v) is 5.29. The summed E-state index contributed by atoms with van der Waals surface area (Å²) in [5.74, 6) is 1.12. The van der Waals surface area contributed by atoms with Crippen molar-refractivity contribution in [2.45, 2.75) is 6.92 Å². The minimum atomic E-state index is -0.848. The molecule has 0 bridgehead atoms. The van der Waals surface area contributed by atoms with Crippen molar-refractivity contribution >= 4 is 27.9 Å². The van der Waals surface area contributed by atoms with Gasteiger partial charge in [-0.3, -0.25) is 14.3 Å². The maximum Gasteiger partial charge on any atom is 0.273 e. The van der Waals surface area contributed by atoms with Crippen LogP contribution < -0.4 is 11.1 Å². The quantitative estimate of drug-likeness (QED) is 0.455. The highest BCUT2D eigenvalue weighted by Crippen LogP contribution is 2.21. The van der Waals surface area contributed by atoms with Gasteiger partial charge in [0.25, 0.3) is 5.69 Å². The van der Waals surface area contributed by atoms with E-state index in [4.69, 9.17) is 5.73 Å². The van der Waals surface area contributed by atoms with Crippen molar-refractivity contribution in [3.05, 3.63) is 28.3 Å². The van der Waals surface area contributed by atoms with Gasteiger partial charge >= 0.3 is 0 Å². The number of hydrogen-bond donors (Lipinski definition) is 2. The molecule has 0 saturated heterocycles. The van der Waals surface area contributed by atoms with E-state index in [-0.39, 0.29) is 5.69 Å². The molecule has 0 amide bonds. The molecule has 0 aliphatic rings. The Morgan fingerprint density at radius 1 is 1.47 bits per heavy atom.